The Morgan fingerprint density at radius 2 is 1.46 bits per heavy atom. The monoisotopic (exact) mass is 483 g/mol. The molecule has 0 aromatic heterocycles. The summed E-state index contributed by atoms with van der Waals surface area (Å²) in [7, 11) is 0. The van der Waals surface area contributed by atoms with Gasteiger partial charge in [-0.2, -0.15) is 0 Å². The van der Waals surface area contributed by atoms with E-state index in [9.17, 15) is 24.0 Å². The van der Waals surface area contributed by atoms with Crippen molar-refractivity contribution in [3.8, 4) is 0 Å². The van der Waals surface area contributed by atoms with Crippen molar-refractivity contribution in [2.24, 2.45) is 0 Å². The molecule has 0 bridgehead atoms. The molecule has 0 aliphatic rings. The summed E-state index contributed by atoms with van der Waals surface area (Å²) in [6.07, 6.45) is 1.96. The van der Waals surface area contributed by atoms with Crippen LogP contribution in [0.5, 0.6) is 0 Å². The molecule has 0 saturated carbocycles. The van der Waals surface area contributed by atoms with Crippen LogP contribution in [0.15, 0.2) is 54.6 Å². The highest BCUT2D eigenvalue weighted by Gasteiger charge is 2.12. The van der Waals surface area contributed by atoms with Crippen LogP contribution in [0.25, 0.3) is 0 Å². The average molecular weight is 484 g/mol. The van der Waals surface area contributed by atoms with Crippen molar-refractivity contribution in [3.63, 3.8) is 0 Å². The number of anilines is 1. The first-order valence-electron chi connectivity index (χ1n) is 11.3. The molecule has 0 heterocycles. The molecule has 10 heteroatoms. The van der Waals surface area contributed by atoms with Gasteiger partial charge in [0.2, 0.25) is 5.91 Å². The first-order chi connectivity index (χ1) is 16.9. The lowest BCUT2D eigenvalue weighted by Crippen LogP contribution is -2.43. The van der Waals surface area contributed by atoms with Crippen LogP contribution in [0.3, 0.4) is 0 Å². The third kappa shape index (κ3) is 10.5. The Kier molecular flexibility index (Phi) is 11.5. The number of unbranched alkanes of at least 4 members (excludes halogenated alkanes) is 1. The van der Waals surface area contributed by atoms with Crippen LogP contribution in [0, 0.1) is 0 Å². The van der Waals surface area contributed by atoms with Crippen LogP contribution < -0.4 is 16.2 Å². The maximum atomic E-state index is 12.1. The Labute approximate surface area is 203 Å². The molecule has 2 aromatic rings. The van der Waals surface area contributed by atoms with Crippen molar-refractivity contribution >= 4 is 35.3 Å². The second-order valence-corrected chi connectivity index (χ2v) is 7.50. The van der Waals surface area contributed by atoms with Crippen molar-refractivity contribution in [1.82, 2.24) is 10.9 Å². The number of benzene rings is 2. The van der Waals surface area contributed by atoms with Gasteiger partial charge in [-0.1, -0.05) is 31.5 Å². The van der Waals surface area contributed by atoms with E-state index in [0.29, 0.717) is 23.4 Å². The number of esters is 2. The molecule has 0 aliphatic carbocycles. The summed E-state index contributed by atoms with van der Waals surface area (Å²) in [4.78, 5) is 59.2. The van der Waals surface area contributed by atoms with Crippen LogP contribution in [-0.2, 0) is 23.9 Å². The fourth-order valence-electron chi connectivity index (χ4n) is 2.74. The molecule has 0 spiro atoms. The third-order valence-corrected chi connectivity index (χ3v) is 4.64. The highest BCUT2D eigenvalue weighted by molar-refractivity contribution is 5.95. The molecule has 0 radical (unpaired) electrons. The molecule has 0 saturated heterocycles. The Hall–Kier alpha value is -4.21. The number of hydrogen-bond donors (Lipinski definition) is 3. The maximum Gasteiger partial charge on any atom is 0.338 e. The molecular weight excluding hydrogens is 454 g/mol. The Morgan fingerprint density at radius 3 is 2.14 bits per heavy atom. The molecule has 10 nitrogen and oxygen atoms in total. The van der Waals surface area contributed by atoms with Gasteiger partial charge in [0.15, 0.2) is 6.61 Å². The van der Waals surface area contributed by atoms with Gasteiger partial charge in [-0.25, -0.2) is 4.79 Å². The zero-order chi connectivity index (χ0) is 25.5. The number of ether oxygens (including phenoxy) is 2. The van der Waals surface area contributed by atoms with Gasteiger partial charge < -0.3 is 14.8 Å². The van der Waals surface area contributed by atoms with Gasteiger partial charge in [0, 0.05) is 24.1 Å². The number of nitrogens with one attached hydrogen (secondary N) is 3. The zero-order valence-corrected chi connectivity index (χ0v) is 19.5. The van der Waals surface area contributed by atoms with Crippen molar-refractivity contribution in [1.29, 1.82) is 0 Å². The van der Waals surface area contributed by atoms with Crippen LogP contribution in [-0.4, -0.2) is 42.9 Å². The summed E-state index contributed by atoms with van der Waals surface area (Å²) in [5, 5.41) is 2.68. The molecule has 0 atom stereocenters. The van der Waals surface area contributed by atoms with Crippen LogP contribution in [0.4, 0.5) is 5.69 Å². The summed E-state index contributed by atoms with van der Waals surface area (Å²) < 4.78 is 9.96. The van der Waals surface area contributed by atoms with E-state index in [0.717, 1.165) is 12.8 Å². The normalized spacial score (nSPS) is 10.1. The third-order valence-electron chi connectivity index (χ3n) is 4.64. The Morgan fingerprint density at radius 1 is 0.743 bits per heavy atom. The highest BCUT2D eigenvalue weighted by atomic mass is 16.5. The van der Waals surface area contributed by atoms with E-state index in [-0.39, 0.29) is 25.2 Å². The van der Waals surface area contributed by atoms with Gasteiger partial charge in [0.1, 0.15) is 0 Å². The van der Waals surface area contributed by atoms with Gasteiger partial charge in [-0.15, -0.1) is 0 Å². The van der Waals surface area contributed by atoms with E-state index in [4.69, 9.17) is 9.47 Å². The van der Waals surface area contributed by atoms with E-state index >= 15 is 0 Å². The van der Waals surface area contributed by atoms with Crippen molar-refractivity contribution in [2.45, 2.75) is 39.0 Å². The summed E-state index contributed by atoms with van der Waals surface area (Å²) in [5.41, 5.74) is 5.64. The van der Waals surface area contributed by atoms with Gasteiger partial charge in [-0.05, 0) is 49.2 Å². The molecule has 3 amide bonds. The highest BCUT2D eigenvalue weighted by Crippen LogP contribution is 2.12. The Balaban J connectivity index is 1.60. The lowest BCUT2D eigenvalue weighted by molar-refractivity contribution is -0.148. The zero-order valence-electron chi connectivity index (χ0n) is 19.5. The molecule has 0 fully saturated rings. The molecule has 3 N–H and O–H groups in total. The molecular formula is C25H29N3O7. The number of carbonyl (C=O) groups is 5. The van der Waals surface area contributed by atoms with Gasteiger partial charge >= 0.3 is 11.9 Å². The smallest absolute Gasteiger partial charge is 0.338 e. The molecule has 0 aliphatic heterocycles. The molecule has 186 valence electrons. The van der Waals surface area contributed by atoms with Crippen LogP contribution in [0.1, 0.15) is 59.7 Å². The Bertz CT molecular complexity index is 1010. The molecule has 0 unspecified atom stereocenters. The van der Waals surface area contributed by atoms with Gasteiger partial charge in [0.05, 0.1) is 12.2 Å². The number of hydrogen-bond acceptors (Lipinski definition) is 7. The number of amides is 3. The average Bonchev–Trinajstić information content (AvgIpc) is 2.87. The predicted octanol–water partition coefficient (Wildman–Crippen LogP) is 2.76. The molecule has 2 aromatic carbocycles. The molecule has 2 rings (SSSR count). The van der Waals surface area contributed by atoms with Gasteiger partial charge in [0.25, 0.3) is 11.8 Å². The van der Waals surface area contributed by atoms with Crippen LogP contribution in [0.2, 0.25) is 0 Å². The topological polar surface area (TPSA) is 140 Å². The lowest BCUT2D eigenvalue weighted by Gasteiger charge is -2.08. The fourth-order valence-corrected chi connectivity index (χ4v) is 2.74. The van der Waals surface area contributed by atoms with Crippen molar-refractivity contribution in [3.05, 3.63) is 65.7 Å². The number of carbonyl (C=O) groups excluding carboxylic acids is 5. The van der Waals surface area contributed by atoms with E-state index in [2.05, 4.69) is 16.2 Å². The standard InChI is InChI=1S/C25H29N3O7/c1-2-3-16-34-25(33)19-12-14-20(15-13-19)26-21(29)10-7-11-23(31)35-17-22(30)27-28-24(32)18-8-5-4-6-9-18/h4-6,8-9,12-15H,2-3,7,10-11,16-17H2,1H3,(H,26,29)(H,27,30)(H,28,32). The summed E-state index contributed by atoms with van der Waals surface area (Å²) in [6.45, 7) is 1.81. The summed E-state index contributed by atoms with van der Waals surface area (Å²) in [5.74, 6) is -2.57. The predicted molar refractivity (Wildman–Crippen MR) is 127 cm³/mol. The number of hydrazine groups is 1. The second-order valence-electron chi connectivity index (χ2n) is 7.50. The fraction of sp³-hybridized carbons (Fsp3) is 0.320. The van der Waals surface area contributed by atoms with Crippen molar-refractivity contribution < 1.29 is 33.4 Å². The minimum absolute atomic E-state index is 0.0559. The van der Waals surface area contributed by atoms with Crippen molar-refractivity contribution in [2.75, 3.05) is 18.5 Å². The minimum Gasteiger partial charge on any atom is -0.462 e. The van der Waals surface area contributed by atoms with Crippen LogP contribution >= 0.6 is 0 Å². The lowest BCUT2D eigenvalue weighted by atomic mass is 10.2. The maximum absolute atomic E-state index is 12.1. The molecule has 35 heavy (non-hydrogen) atoms. The minimum atomic E-state index is -0.696. The van der Waals surface area contributed by atoms with E-state index in [1.807, 2.05) is 6.92 Å². The summed E-state index contributed by atoms with van der Waals surface area (Å²) >= 11 is 0. The van der Waals surface area contributed by atoms with E-state index in [1.165, 1.54) is 0 Å². The quantitative estimate of drug-likeness (QED) is 0.240. The first kappa shape index (κ1) is 27.0. The van der Waals surface area contributed by atoms with Gasteiger partial charge in [-0.3, -0.25) is 30.0 Å². The van der Waals surface area contributed by atoms with E-state index < -0.39 is 30.4 Å². The number of rotatable bonds is 12. The first-order valence-corrected chi connectivity index (χ1v) is 11.3. The SMILES string of the molecule is CCCCOC(=O)c1ccc(NC(=O)CCCC(=O)OCC(=O)NNC(=O)c2ccccc2)cc1. The summed E-state index contributed by atoms with van der Waals surface area (Å²) in [6, 6.07) is 14.6. The van der Waals surface area contributed by atoms with E-state index in [1.54, 1.807) is 54.6 Å². The largest absolute Gasteiger partial charge is 0.462 e. The second kappa shape index (κ2) is 14.8.